The van der Waals surface area contributed by atoms with E-state index in [9.17, 15) is 0 Å². The van der Waals surface area contributed by atoms with E-state index in [1.165, 1.54) is 10.4 Å². The number of aromatic nitrogens is 2. The van der Waals surface area contributed by atoms with Gasteiger partial charge in [0, 0.05) is 45.9 Å². The van der Waals surface area contributed by atoms with Crippen LogP contribution in [0.2, 0.25) is 0 Å². The molecule has 2 aromatic heterocycles. The van der Waals surface area contributed by atoms with Gasteiger partial charge in [-0.05, 0) is 39.7 Å². The Morgan fingerprint density at radius 3 is 2.70 bits per heavy atom. The second-order valence-corrected chi connectivity index (χ2v) is 6.38. The summed E-state index contributed by atoms with van der Waals surface area (Å²) >= 11 is 5.24. The standard InChI is InChI=1S/C15H14BrN3S/c16-13-7-15(20-10-13)9-18-8-12-1-3-14(4-2-12)19-6-5-17-11-19/h1-7,10-11,18H,8-9H2. The minimum absolute atomic E-state index is 0.875. The molecule has 0 atom stereocenters. The third-order valence-corrected chi connectivity index (χ3v) is 4.69. The smallest absolute Gasteiger partial charge is 0.0991 e. The molecular formula is C15H14BrN3S. The molecule has 0 bridgehead atoms. The van der Waals surface area contributed by atoms with Gasteiger partial charge in [0.15, 0.2) is 0 Å². The van der Waals surface area contributed by atoms with Gasteiger partial charge in [0.1, 0.15) is 0 Å². The lowest BCUT2D eigenvalue weighted by molar-refractivity contribution is 0.700. The molecule has 0 spiro atoms. The van der Waals surface area contributed by atoms with Crippen LogP contribution >= 0.6 is 27.3 Å². The fourth-order valence-corrected chi connectivity index (χ4v) is 3.39. The molecule has 0 amide bonds. The van der Waals surface area contributed by atoms with E-state index in [-0.39, 0.29) is 0 Å². The fourth-order valence-electron chi connectivity index (χ4n) is 1.97. The van der Waals surface area contributed by atoms with Crippen molar-refractivity contribution in [3.8, 4) is 5.69 Å². The number of hydrogen-bond acceptors (Lipinski definition) is 3. The maximum absolute atomic E-state index is 4.05. The lowest BCUT2D eigenvalue weighted by Gasteiger charge is -2.06. The number of nitrogens with zero attached hydrogens (tertiary/aromatic N) is 2. The van der Waals surface area contributed by atoms with E-state index in [1.807, 2.05) is 17.1 Å². The molecule has 0 aliphatic carbocycles. The molecule has 0 aliphatic rings. The zero-order valence-corrected chi connectivity index (χ0v) is 13.2. The van der Waals surface area contributed by atoms with Crippen molar-refractivity contribution in [1.29, 1.82) is 0 Å². The van der Waals surface area contributed by atoms with Gasteiger partial charge < -0.3 is 9.88 Å². The van der Waals surface area contributed by atoms with Crippen LogP contribution < -0.4 is 5.32 Å². The van der Waals surface area contributed by atoms with E-state index in [0.29, 0.717) is 0 Å². The van der Waals surface area contributed by atoms with Crippen molar-refractivity contribution in [1.82, 2.24) is 14.9 Å². The first kappa shape index (κ1) is 13.5. The minimum atomic E-state index is 0.875. The van der Waals surface area contributed by atoms with Crippen molar-refractivity contribution < 1.29 is 0 Å². The van der Waals surface area contributed by atoms with E-state index in [1.54, 1.807) is 17.5 Å². The van der Waals surface area contributed by atoms with Crippen molar-refractivity contribution in [2.24, 2.45) is 0 Å². The number of benzene rings is 1. The van der Waals surface area contributed by atoms with Gasteiger partial charge in [-0.2, -0.15) is 0 Å². The molecular weight excluding hydrogens is 334 g/mol. The van der Waals surface area contributed by atoms with Crippen LogP contribution in [0, 0.1) is 0 Å². The highest BCUT2D eigenvalue weighted by molar-refractivity contribution is 9.10. The number of thiophene rings is 1. The van der Waals surface area contributed by atoms with E-state index in [4.69, 9.17) is 0 Å². The molecule has 2 heterocycles. The van der Waals surface area contributed by atoms with Crippen molar-refractivity contribution in [2.75, 3.05) is 0 Å². The largest absolute Gasteiger partial charge is 0.308 e. The van der Waals surface area contributed by atoms with Crippen molar-refractivity contribution in [3.05, 3.63) is 69.3 Å². The van der Waals surface area contributed by atoms with E-state index in [0.717, 1.165) is 23.2 Å². The summed E-state index contributed by atoms with van der Waals surface area (Å²) in [5.41, 5.74) is 2.41. The highest BCUT2D eigenvalue weighted by Crippen LogP contribution is 2.19. The molecule has 3 rings (SSSR count). The van der Waals surface area contributed by atoms with Gasteiger partial charge in [-0.1, -0.05) is 12.1 Å². The van der Waals surface area contributed by atoms with Crippen LogP contribution in [0.25, 0.3) is 5.69 Å². The molecule has 20 heavy (non-hydrogen) atoms. The normalized spacial score (nSPS) is 10.8. The Morgan fingerprint density at radius 1 is 1.20 bits per heavy atom. The van der Waals surface area contributed by atoms with Crippen LogP contribution in [0.3, 0.4) is 0 Å². The average molecular weight is 348 g/mol. The lowest BCUT2D eigenvalue weighted by atomic mass is 10.2. The van der Waals surface area contributed by atoms with E-state index >= 15 is 0 Å². The molecule has 0 aliphatic heterocycles. The van der Waals surface area contributed by atoms with Crippen LogP contribution in [0.1, 0.15) is 10.4 Å². The molecule has 1 aromatic carbocycles. The summed E-state index contributed by atoms with van der Waals surface area (Å²) in [4.78, 5) is 5.39. The first-order chi connectivity index (χ1) is 9.81. The minimum Gasteiger partial charge on any atom is -0.308 e. The number of nitrogens with one attached hydrogen (secondary N) is 1. The number of imidazole rings is 1. The highest BCUT2D eigenvalue weighted by Gasteiger charge is 1.99. The van der Waals surface area contributed by atoms with Gasteiger partial charge in [0.25, 0.3) is 0 Å². The Kier molecular flexibility index (Phi) is 4.30. The van der Waals surface area contributed by atoms with Crippen molar-refractivity contribution >= 4 is 27.3 Å². The summed E-state index contributed by atoms with van der Waals surface area (Å²) in [6.07, 6.45) is 5.54. The Morgan fingerprint density at radius 2 is 2.05 bits per heavy atom. The van der Waals surface area contributed by atoms with Gasteiger partial charge >= 0.3 is 0 Å². The Bertz CT molecular complexity index is 659. The quantitative estimate of drug-likeness (QED) is 0.756. The van der Waals surface area contributed by atoms with Gasteiger partial charge in [-0.3, -0.25) is 0 Å². The monoisotopic (exact) mass is 347 g/mol. The number of halogens is 1. The average Bonchev–Trinajstić information content (AvgIpc) is 3.11. The Balaban J connectivity index is 1.56. The first-order valence-electron chi connectivity index (χ1n) is 6.32. The van der Waals surface area contributed by atoms with Crippen molar-refractivity contribution in [2.45, 2.75) is 13.1 Å². The summed E-state index contributed by atoms with van der Waals surface area (Å²) in [6.45, 7) is 1.78. The summed E-state index contributed by atoms with van der Waals surface area (Å²) in [5.74, 6) is 0. The molecule has 5 heteroatoms. The highest BCUT2D eigenvalue weighted by atomic mass is 79.9. The van der Waals surface area contributed by atoms with E-state index in [2.05, 4.69) is 61.9 Å². The van der Waals surface area contributed by atoms with Crippen LogP contribution in [0.4, 0.5) is 0 Å². The first-order valence-corrected chi connectivity index (χ1v) is 7.99. The molecule has 1 N–H and O–H groups in total. The predicted molar refractivity (Wildman–Crippen MR) is 86.1 cm³/mol. The topological polar surface area (TPSA) is 29.9 Å². The Labute approximate surface area is 130 Å². The lowest BCUT2D eigenvalue weighted by Crippen LogP contribution is -2.11. The second-order valence-electron chi connectivity index (χ2n) is 4.47. The molecule has 0 saturated heterocycles. The van der Waals surface area contributed by atoms with Gasteiger partial charge in [0.05, 0.1) is 6.33 Å². The third kappa shape index (κ3) is 3.36. The number of rotatable bonds is 5. The molecule has 3 nitrogen and oxygen atoms in total. The van der Waals surface area contributed by atoms with Gasteiger partial charge in [-0.25, -0.2) is 4.98 Å². The fraction of sp³-hybridized carbons (Fsp3) is 0.133. The molecule has 0 unspecified atom stereocenters. The number of hydrogen-bond donors (Lipinski definition) is 1. The second kappa shape index (κ2) is 6.35. The Hall–Kier alpha value is -1.43. The molecule has 0 fully saturated rings. The molecule has 0 radical (unpaired) electrons. The predicted octanol–water partition coefficient (Wildman–Crippen LogP) is 3.99. The summed E-state index contributed by atoms with van der Waals surface area (Å²) < 4.78 is 3.16. The summed E-state index contributed by atoms with van der Waals surface area (Å²) in [6, 6.07) is 10.7. The zero-order valence-electron chi connectivity index (χ0n) is 10.8. The molecule has 0 saturated carbocycles. The SMILES string of the molecule is Brc1csc(CNCc2ccc(-n3ccnc3)cc2)c1. The van der Waals surface area contributed by atoms with Crippen LogP contribution in [-0.4, -0.2) is 9.55 Å². The van der Waals surface area contributed by atoms with Gasteiger partial charge in [-0.15, -0.1) is 11.3 Å². The summed E-state index contributed by atoms with van der Waals surface area (Å²) in [7, 11) is 0. The van der Waals surface area contributed by atoms with Crippen LogP contribution in [-0.2, 0) is 13.1 Å². The maximum Gasteiger partial charge on any atom is 0.0991 e. The molecule has 3 aromatic rings. The summed E-state index contributed by atoms with van der Waals surface area (Å²) in [5, 5.41) is 5.56. The zero-order chi connectivity index (χ0) is 13.8. The van der Waals surface area contributed by atoms with Gasteiger partial charge in [0.2, 0.25) is 0 Å². The maximum atomic E-state index is 4.05. The van der Waals surface area contributed by atoms with E-state index < -0.39 is 0 Å². The molecule has 102 valence electrons. The van der Waals surface area contributed by atoms with Crippen LogP contribution in [0.5, 0.6) is 0 Å². The van der Waals surface area contributed by atoms with Crippen molar-refractivity contribution in [3.63, 3.8) is 0 Å². The third-order valence-electron chi connectivity index (χ3n) is 2.99. The van der Waals surface area contributed by atoms with Crippen LogP contribution in [0.15, 0.2) is 58.9 Å².